The van der Waals surface area contributed by atoms with Crippen LogP contribution >= 0.6 is 0 Å². The summed E-state index contributed by atoms with van der Waals surface area (Å²) in [7, 11) is -3.98. The van der Waals surface area contributed by atoms with E-state index in [0.29, 0.717) is 23.6 Å². The van der Waals surface area contributed by atoms with Gasteiger partial charge in [-0.05, 0) is 49.4 Å². The van der Waals surface area contributed by atoms with Gasteiger partial charge in [-0.1, -0.05) is 48.5 Å². The van der Waals surface area contributed by atoms with E-state index in [1.165, 1.54) is 18.2 Å². The van der Waals surface area contributed by atoms with Gasteiger partial charge in [0.1, 0.15) is 22.4 Å². The highest BCUT2D eigenvalue weighted by atomic mass is 32.2. The summed E-state index contributed by atoms with van der Waals surface area (Å²) in [6, 6.07) is 26.7. The zero-order chi connectivity index (χ0) is 23.3. The molecule has 0 atom stereocenters. The number of aromatic nitrogens is 2. The molecular formula is C26H21N3O3S. The number of hydrogen-bond donors (Lipinski definition) is 0. The van der Waals surface area contributed by atoms with Gasteiger partial charge in [-0.3, -0.25) is 0 Å². The number of nitrogens with zero attached hydrogens (tertiary/aromatic N) is 3. The van der Waals surface area contributed by atoms with Crippen molar-refractivity contribution in [3.8, 4) is 28.8 Å². The Morgan fingerprint density at radius 3 is 2.39 bits per heavy atom. The third-order valence-electron chi connectivity index (χ3n) is 4.92. The van der Waals surface area contributed by atoms with Gasteiger partial charge in [0.2, 0.25) is 9.84 Å². The van der Waals surface area contributed by atoms with Gasteiger partial charge >= 0.3 is 0 Å². The van der Waals surface area contributed by atoms with Gasteiger partial charge < -0.3 is 4.74 Å². The van der Waals surface area contributed by atoms with Gasteiger partial charge in [-0.2, -0.15) is 10.4 Å². The Kier molecular flexibility index (Phi) is 6.38. The zero-order valence-corrected chi connectivity index (χ0v) is 18.7. The van der Waals surface area contributed by atoms with Crippen molar-refractivity contribution in [2.45, 2.75) is 11.8 Å². The van der Waals surface area contributed by atoms with Crippen LogP contribution in [0.25, 0.3) is 23.0 Å². The molecule has 0 N–H and O–H groups in total. The van der Waals surface area contributed by atoms with Gasteiger partial charge in [0, 0.05) is 17.3 Å². The van der Waals surface area contributed by atoms with E-state index in [4.69, 9.17) is 9.84 Å². The van der Waals surface area contributed by atoms with Crippen LogP contribution in [-0.4, -0.2) is 24.8 Å². The van der Waals surface area contributed by atoms with Crippen molar-refractivity contribution in [1.82, 2.24) is 9.78 Å². The largest absolute Gasteiger partial charge is 0.494 e. The minimum atomic E-state index is -3.98. The molecule has 0 saturated heterocycles. The Balaban J connectivity index is 1.89. The lowest BCUT2D eigenvalue weighted by atomic mass is 10.1. The van der Waals surface area contributed by atoms with Crippen molar-refractivity contribution in [3.05, 3.63) is 102 Å². The van der Waals surface area contributed by atoms with Crippen LogP contribution in [0.1, 0.15) is 12.5 Å². The molecule has 0 aliphatic carbocycles. The molecule has 0 saturated carbocycles. The van der Waals surface area contributed by atoms with Crippen molar-refractivity contribution in [3.63, 3.8) is 0 Å². The lowest BCUT2D eigenvalue weighted by Gasteiger charge is -2.06. The summed E-state index contributed by atoms with van der Waals surface area (Å²) in [6.07, 6.45) is 3.09. The molecule has 3 aromatic carbocycles. The maximum absolute atomic E-state index is 13.1. The second-order valence-electron chi connectivity index (χ2n) is 7.11. The van der Waals surface area contributed by atoms with E-state index in [9.17, 15) is 13.7 Å². The van der Waals surface area contributed by atoms with Crippen LogP contribution in [0.2, 0.25) is 0 Å². The molecule has 0 unspecified atom stereocenters. The van der Waals surface area contributed by atoms with Crippen LogP contribution < -0.4 is 4.74 Å². The molecule has 7 heteroatoms. The molecule has 0 radical (unpaired) electrons. The molecule has 0 fully saturated rings. The van der Waals surface area contributed by atoms with E-state index < -0.39 is 9.84 Å². The average molecular weight is 456 g/mol. The predicted molar refractivity (Wildman–Crippen MR) is 127 cm³/mol. The second kappa shape index (κ2) is 9.55. The van der Waals surface area contributed by atoms with Crippen LogP contribution in [0.3, 0.4) is 0 Å². The number of sulfone groups is 1. The fourth-order valence-corrected chi connectivity index (χ4v) is 4.54. The monoisotopic (exact) mass is 455 g/mol. The number of allylic oxidation sites excluding steroid dienone is 1. The SMILES string of the molecule is CCOc1cccc(-c2nn(-c3ccccc3)cc2/C=C(/C#N)S(=O)(=O)c2ccccc2)c1. The topological polar surface area (TPSA) is 85.0 Å². The summed E-state index contributed by atoms with van der Waals surface area (Å²) >= 11 is 0. The predicted octanol–water partition coefficient (Wildman–Crippen LogP) is 5.28. The van der Waals surface area contributed by atoms with Gasteiger partial charge in [-0.25, -0.2) is 13.1 Å². The molecule has 0 aliphatic heterocycles. The molecule has 6 nitrogen and oxygen atoms in total. The Labute approximate surface area is 192 Å². The highest BCUT2D eigenvalue weighted by molar-refractivity contribution is 7.95. The molecule has 1 heterocycles. The normalized spacial score (nSPS) is 11.7. The van der Waals surface area contributed by atoms with E-state index in [2.05, 4.69) is 0 Å². The van der Waals surface area contributed by atoms with Crippen LogP contribution in [-0.2, 0) is 9.84 Å². The van der Waals surface area contributed by atoms with E-state index in [-0.39, 0.29) is 9.80 Å². The number of benzene rings is 3. The van der Waals surface area contributed by atoms with Gasteiger partial charge in [0.15, 0.2) is 0 Å². The molecule has 0 amide bonds. The van der Waals surface area contributed by atoms with E-state index in [1.807, 2.05) is 67.6 Å². The third-order valence-corrected chi connectivity index (χ3v) is 6.60. The van der Waals surface area contributed by atoms with Crippen molar-refractivity contribution < 1.29 is 13.2 Å². The van der Waals surface area contributed by atoms with Crippen molar-refractivity contribution in [1.29, 1.82) is 5.26 Å². The van der Waals surface area contributed by atoms with Crippen molar-refractivity contribution in [2.24, 2.45) is 0 Å². The molecular weight excluding hydrogens is 434 g/mol. The standard InChI is InChI=1S/C26H21N3O3S/c1-2-32-23-13-9-10-20(16-23)26-21(19-29(28-26)22-11-5-3-6-12-22)17-25(18-27)33(30,31)24-14-7-4-8-15-24/h3-17,19H,2H2,1H3/b25-17-. The first-order valence-electron chi connectivity index (χ1n) is 10.3. The summed E-state index contributed by atoms with van der Waals surface area (Å²) in [6.45, 7) is 2.42. The minimum Gasteiger partial charge on any atom is -0.494 e. The van der Waals surface area contributed by atoms with Crippen LogP contribution in [0.5, 0.6) is 5.75 Å². The second-order valence-corrected chi connectivity index (χ2v) is 9.03. The summed E-state index contributed by atoms with van der Waals surface area (Å²) in [5.41, 5.74) is 2.60. The van der Waals surface area contributed by atoms with Gasteiger partial charge in [0.25, 0.3) is 0 Å². The number of rotatable bonds is 7. The van der Waals surface area contributed by atoms with E-state index in [1.54, 1.807) is 29.1 Å². The number of nitriles is 1. The number of hydrogen-bond acceptors (Lipinski definition) is 5. The molecule has 0 spiro atoms. The maximum atomic E-state index is 13.1. The first kappa shape index (κ1) is 22.1. The summed E-state index contributed by atoms with van der Waals surface area (Å²) < 4.78 is 33.5. The fourth-order valence-electron chi connectivity index (χ4n) is 3.37. The highest BCUT2D eigenvalue weighted by Gasteiger charge is 2.22. The summed E-state index contributed by atoms with van der Waals surface area (Å²) in [5.74, 6) is 0.677. The van der Waals surface area contributed by atoms with Crippen LogP contribution in [0, 0.1) is 11.3 Å². The van der Waals surface area contributed by atoms with Gasteiger partial charge in [0.05, 0.1) is 17.2 Å². The highest BCUT2D eigenvalue weighted by Crippen LogP contribution is 2.30. The summed E-state index contributed by atoms with van der Waals surface area (Å²) in [4.78, 5) is -0.295. The van der Waals surface area contributed by atoms with E-state index >= 15 is 0 Å². The number of ether oxygens (including phenoxy) is 1. The fraction of sp³-hybridized carbons (Fsp3) is 0.0769. The summed E-state index contributed by atoms with van der Waals surface area (Å²) in [5, 5.41) is 14.4. The molecule has 0 bridgehead atoms. The zero-order valence-electron chi connectivity index (χ0n) is 17.9. The van der Waals surface area contributed by atoms with Gasteiger partial charge in [-0.15, -0.1) is 0 Å². The minimum absolute atomic E-state index is 0.0631. The van der Waals surface area contributed by atoms with Crippen molar-refractivity contribution in [2.75, 3.05) is 6.61 Å². The molecule has 33 heavy (non-hydrogen) atoms. The molecule has 0 aliphatic rings. The Morgan fingerprint density at radius 1 is 1.03 bits per heavy atom. The van der Waals surface area contributed by atoms with Crippen molar-refractivity contribution >= 4 is 15.9 Å². The molecule has 4 rings (SSSR count). The first-order valence-corrected chi connectivity index (χ1v) is 11.8. The third kappa shape index (κ3) is 4.71. The Morgan fingerprint density at radius 2 is 1.73 bits per heavy atom. The van der Waals surface area contributed by atoms with E-state index in [0.717, 1.165) is 11.3 Å². The Bertz CT molecular complexity index is 1440. The quantitative estimate of drug-likeness (QED) is 0.354. The molecule has 1 aromatic heterocycles. The molecule has 4 aromatic rings. The Hall–Kier alpha value is -4.15. The lowest BCUT2D eigenvalue weighted by molar-refractivity contribution is 0.340. The average Bonchev–Trinajstić information content (AvgIpc) is 3.28. The smallest absolute Gasteiger partial charge is 0.216 e. The first-order chi connectivity index (χ1) is 16.0. The maximum Gasteiger partial charge on any atom is 0.216 e. The lowest BCUT2D eigenvalue weighted by Crippen LogP contribution is -2.03. The number of para-hydroxylation sites is 1. The van der Waals surface area contributed by atoms with Crippen LogP contribution in [0.4, 0.5) is 0 Å². The van der Waals surface area contributed by atoms with Crippen LogP contribution in [0.15, 0.2) is 101 Å². The molecule has 164 valence electrons.